The van der Waals surface area contributed by atoms with Crippen LogP contribution in [0.1, 0.15) is 31.9 Å². The number of nitrogens with two attached hydrogens (primary N) is 1. The van der Waals surface area contributed by atoms with Gasteiger partial charge in [0, 0.05) is 28.5 Å². The van der Waals surface area contributed by atoms with Crippen LogP contribution in [-0.2, 0) is 4.79 Å². The van der Waals surface area contributed by atoms with E-state index in [0.717, 1.165) is 0 Å². The molecule has 2 atom stereocenters. The van der Waals surface area contributed by atoms with Gasteiger partial charge in [-0.2, -0.15) is 0 Å². The normalized spacial score (nSPS) is 14.4. The van der Waals surface area contributed by atoms with E-state index in [2.05, 4.69) is 21.2 Å². The first-order valence-corrected chi connectivity index (χ1v) is 6.18. The predicted octanol–water partition coefficient (Wildman–Crippen LogP) is 2.50. The van der Waals surface area contributed by atoms with E-state index in [9.17, 15) is 9.18 Å². The quantitative estimate of drug-likeness (QED) is 0.878. The average Bonchev–Trinajstić information content (AvgIpc) is 2.15. The zero-order valence-corrected chi connectivity index (χ0v) is 11.4. The molecule has 17 heavy (non-hydrogen) atoms. The highest BCUT2D eigenvalue weighted by molar-refractivity contribution is 9.10. The van der Waals surface area contributed by atoms with Crippen molar-refractivity contribution in [2.75, 3.05) is 0 Å². The molecule has 5 heteroatoms. The van der Waals surface area contributed by atoms with Gasteiger partial charge in [-0.05, 0) is 26.0 Å². The summed E-state index contributed by atoms with van der Waals surface area (Å²) in [5, 5.41) is 3.13. The Morgan fingerprint density at radius 3 is 2.71 bits per heavy atom. The van der Waals surface area contributed by atoms with Gasteiger partial charge < -0.3 is 11.1 Å². The maximum atomic E-state index is 13.7. The molecule has 0 aliphatic rings. The summed E-state index contributed by atoms with van der Waals surface area (Å²) in [5.41, 5.74) is 5.67. The SMILES string of the molecule is CC(CC(N)=O)NC(C)c1ccc(Br)cc1F. The molecule has 1 amide bonds. The Labute approximate surface area is 109 Å². The first-order chi connectivity index (χ1) is 7.90. The van der Waals surface area contributed by atoms with Crippen molar-refractivity contribution in [1.29, 1.82) is 0 Å². The number of halogens is 2. The number of primary amides is 1. The van der Waals surface area contributed by atoms with Crippen molar-refractivity contribution >= 4 is 21.8 Å². The molecule has 0 saturated heterocycles. The van der Waals surface area contributed by atoms with Crippen LogP contribution in [0, 0.1) is 5.82 Å². The van der Waals surface area contributed by atoms with Gasteiger partial charge in [-0.15, -0.1) is 0 Å². The van der Waals surface area contributed by atoms with Crippen molar-refractivity contribution in [3.8, 4) is 0 Å². The van der Waals surface area contributed by atoms with Gasteiger partial charge in [-0.25, -0.2) is 4.39 Å². The second-order valence-electron chi connectivity index (χ2n) is 4.13. The Balaban J connectivity index is 2.69. The third kappa shape index (κ3) is 4.44. The van der Waals surface area contributed by atoms with E-state index < -0.39 is 0 Å². The van der Waals surface area contributed by atoms with Crippen LogP contribution in [-0.4, -0.2) is 11.9 Å². The fourth-order valence-electron chi connectivity index (χ4n) is 1.73. The van der Waals surface area contributed by atoms with E-state index in [1.807, 2.05) is 13.8 Å². The largest absolute Gasteiger partial charge is 0.370 e. The fraction of sp³-hybridized carbons (Fsp3) is 0.417. The summed E-state index contributed by atoms with van der Waals surface area (Å²) in [4.78, 5) is 10.7. The zero-order valence-electron chi connectivity index (χ0n) is 9.84. The van der Waals surface area contributed by atoms with Gasteiger partial charge >= 0.3 is 0 Å². The summed E-state index contributed by atoms with van der Waals surface area (Å²) in [5.74, 6) is -0.640. The van der Waals surface area contributed by atoms with Gasteiger partial charge in [0.1, 0.15) is 5.82 Å². The van der Waals surface area contributed by atoms with Crippen LogP contribution in [0.3, 0.4) is 0 Å². The highest BCUT2D eigenvalue weighted by Crippen LogP contribution is 2.21. The van der Waals surface area contributed by atoms with Crippen LogP contribution in [0.25, 0.3) is 0 Å². The fourth-order valence-corrected chi connectivity index (χ4v) is 2.06. The highest BCUT2D eigenvalue weighted by Gasteiger charge is 2.14. The Hall–Kier alpha value is -0.940. The lowest BCUT2D eigenvalue weighted by Gasteiger charge is -2.20. The molecule has 94 valence electrons. The second kappa shape index (κ2) is 6.12. The van der Waals surface area contributed by atoms with Crippen LogP contribution >= 0.6 is 15.9 Å². The minimum atomic E-state index is -0.367. The van der Waals surface area contributed by atoms with Gasteiger partial charge in [-0.3, -0.25) is 4.79 Å². The van der Waals surface area contributed by atoms with Crippen molar-refractivity contribution in [3.05, 3.63) is 34.1 Å². The molecule has 0 radical (unpaired) electrons. The Morgan fingerprint density at radius 2 is 2.18 bits per heavy atom. The third-order valence-corrected chi connectivity index (χ3v) is 2.96. The molecule has 0 aliphatic carbocycles. The lowest BCUT2D eigenvalue weighted by Crippen LogP contribution is -2.33. The molecule has 3 N–H and O–H groups in total. The summed E-state index contributed by atoms with van der Waals surface area (Å²) in [6, 6.07) is 4.68. The first kappa shape index (κ1) is 14.1. The number of amides is 1. The minimum absolute atomic E-state index is 0.0782. The molecular formula is C12H16BrFN2O. The molecule has 0 spiro atoms. The van der Waals surface area contributed by atoms with Crippen LogP contribution < -0.4 is 11.1 Å². The van der Waals surface area contributed by atoms with Crippen LogP contribution in [0.5, 0.6) is 0 Å². The number of hydrogen-bond acceptors (Lipinski definition) is 2. The molecule has 0 aliphatic heterocycles. The molecule has 0 saturated carbocycles. The summed E-state index contributed by atoms with van der Waals surface area (Å²) in [6.07, 6.45) is 0.239. The van der Waals surface area contributed by atoms with Crippen molar-refractivity contribution in [1.82, 2.24) is 5.32 Å². The number of carbonyl (C=O) groups is 1. The Morgan fingerprint density at radius 1 is 1.53 bits per heavy atom. The van der Waals surface area contributed by atoms with E-state index in [1.54, 1.807) is 12.1 Å². The number of nitrogens with one attached hydrogen (secondary N) is 1. The van der Waals surface area contributed by atoms with Crippen molar-refractivity contribution < 1.29 is 9.18 Å². The lowest BCUT2D eigenvalue weighted by molar-refractivity contribution is -0.118. The molecule has 0 aromatic heterocycles. The van der Waals surface area contributed by atoms with E-state index >= 15 is 0 Å². The maximum Gasteiger partial charge on any atom is 0.218 e. The van der Waals surface area contributed by atoms with E-state index in [-0.39, 0.29) is 30.2 Å². The molecule has 3 nitrogen and oxygen atoms in total. The van der Waals surface area contributed by atoms with Crippen molar-refractivity contribution in [2.24, 2.45) is 5.73 Å². The average molecular weight is 303 g/mol. The predicted molar refractivity (Wildman–Crippen MR) is 68.9 cm³/mol. The summed E-state index contributed by atoms with van der Waals surface area (Å²) in [6.45, 7) is 3.70. The lowest BCUT2D eigenvalue weighted by atomic mass is 10.1. The van der Waals surface area contributed by atoms with Gasteiger partial charge in [0.25, 0.3) is 0 Å². The van der Waals surface area contributed by atoms with Gasteiger partial charge in [-0.1, -0.05) is 22.0 Å². The molecule has 2 unspecified atom stereocenters. The topological polar surface area (TPSA) is 55.1 Å². The number of rotatable bonds is 5. The first-order valence-electron chi connectivity index (χ1n) is 5.39. The molecular weight excluding hydrogens is 287 g/mol. The Kier molecular flexibility index (Phi) is 5.08. The molecule has 1 aromatic rings. The molecule has 1 rings (SSSR count). The minimum Gasteiger partial charge on any atom is -0.370 e. The van der Waals surface area contributed by atoms with Crippen LogP contribution in [0.15, 0.2) is 22.7 Å². The maximum absolute atomic E-state index is 13.7. The summed E-state index contributed by atoms with van der Waals surface area (Å²) >= 11 is 3.21. The van der Waals surface area contributed by atoms with E-state index in [4.69, 9.17) is 5.73 Å². The summed E-state index contributed by atoms with van der Waals surface area (Å²) < 4.78 is 14.4. The smallest absolute Gasteiger partial charge is 0.218 e. The molecule has 0 fully saturated rings. The number of hydrogen-bond donors (Lipinski definition) is 2. The van der Waals surface area contributed by atoms with Crippen LogP contribution in [0.4, 0.5) is 4.39 Å². The van der Waals surface area contributed by atoms with Gasteiger partial charge in [0.15, 0.2) is 0 Å². The van der Waals surface area contributed by atoms with Crippen molar-refractivity contribution in [3.63, 3.8) is 0 Å². The Bertz CT molecular complexity index is 411. The number of benzene rings is 1. The van der Waals surface area contributed by atoms with Crippen molar-refractivity contribution in [2.45, 2.75) is 32.4 Å². The van der Waals surface area contributed by atoms with Crippen LogP contribution in [0.2, 0.25) is 0 Å². The van der Waals surface area contributed by atoms with E-state index in [0.29, 0.717) is 10.0 Å². The van der Waals surface area contributed by atoms with Gasteiger partial charge in [0.2, 0.25) is 5.91 Å². The molecule has 0 bridgehead atoms. The monoisotopic (exact) mass is 302 g/mol. The highest BCUT2D eigenvalue weighted by atomic mass is 79.9. The summed E-state index contributed by atoms with van der Waals surface area (Å²) in [7, 11) is 0. The molecule has 1 aromatic carbocycles. The van der Waals surface area contributed by atoms with Gasteiger partial charge in [0.05, 0.1) is 0 Å². The standard InChI is InChI=1S/C12H16BrFN2O/c1-7(5-12(15)17)16-8(2)10-4-3-9(13)6-11(10)14/h3-4,6-8,16H,5H2,1-2H3,(H2,15,17). The third-order valence-electron chi connectivity index (χ3n) is 2.47. The number of carbonyl (C=O) groups excluding carboxylic acids is 1. The van der Waals surface area contributed by atoms with E-state index in [1.165, 1.54) is 6.07 Å². The second-order valence-corrected chi connectivity index (χ2v) is 5.04. The zero-order chi connectivity index (χ0) is 13.0. The molecule has 0 heterocycles.